The molecular formula is C22H25N3O6S2. The maximum atomic E-state index is 13.2. The average Bonchev–Trinajstić information content (AvgIpc) is 3.12. The van der Waals surface area contributed by atoms with Gasteiger partial charge in [-0.2, -0.15) is 5.10 Å². The molecule has 11 heteroatoms. The first-order valence-corrected chi connectivity index (χ1v) is 13.6. The molecule has 0 unspecified atom stereocenters. The van der Waals surface area contributed by atoms with E-state index >= 15 is 0 Å². The number of phenolic OH excluding ortho intramolecular Hbond substituents is 1. The average molecular weight is 492 g/mol. The van der Waals surface area contributed by atoms with Crippen LogP contribution < -0.4 is 5.43 Å². The standard InChI is InChI=1S/C22H25N3O6S2/c1-3-13-32(28,29)20-17-10-7-8-12-25(17)19(21(20)33(30,31)14-4-2)22(27)24-23-15-16-9-5-6-11-18(16)26/h5-12,15,26H,3-4,13-14H2,1-2H3,(H,24,27). The van der Waals surface area contributed by atoms with E-state index in [9.17, 15) is 26.7 Å². The third-order valence-electron chi connectivity index (χ3n) is 4.84. The largest absolute Gasteiger partial charge is 0.507 e. The fraction of sp³-hybridized carbons (Fsp3) is 0.273. The molecule has 0 atom stereocenters. The van der Waals surface area contributed by atoms with E-state index in [-0.39, 0.29) is 46.2 Å². The zero-order chi connectivity index (χ0) is 24.2. The number of aromatic hydroxyl groups is 1. The number of pyridine rings is 1. The Morgan fingerprint density at radius 1 is 0.970 bits per heavy atom. The van der Waals surface area contributed by atoms with Gasteiger partial charge in [0.15, 0.2) is 19.7 Å². The molecule has 176 valence electrons. The number of aromatic nitrogens is 1. The normalized spacial score (nSPS) is 12.4. The van der Waals surface area contributed by atoms with Crippen molar-refractivity contribution in [2.75, 3.05) is 11.5 Å². The van der Waals surface area contributed by atoms with Crippen LogP contribution in [0.25, 0.3) is 5.52 Å². The van der Waals surface area contributed by atoms with Crippen LogP contribution in [0.3, 0.4) is 0 Å². The van der Waals surface area contributed by atoms with Crippen LogP contribution in [0.2, 0.25) is 0 Å². The Kier molecular flexibility index (Phi) is 7.23. The van der Waals surface area contributed by atoms with Crippen molar-refractivity contribution in [2.45, 2.75) is 36.5 Å². The molecule has 2 heterocycles. The highest BCUT2D eigenvalue weighted by Crippen LogP contribution is 2.34. The van der Waals surface area contributed by atoms with Gasteiger partial charge in [0.1, 0.15) is 21.2 Å². The molecule has 3 rings (SSSR count). The number of hydrogen-bond donors (Lipinski definition) is 2. The van der Waals surface area contributed by atoms with E-state index in [1.54, 1.807) is 44.2 Å². The fourth-order valence-electron chi connectivity index (χ4n) is 3.51. The van der Waals surface area contributed by atoms with Gasteiger partial charge in [0.25, 0.3) is 5.91 Å². The number of nitrogens with one attached hydrogen (secondary N) is 1. The minimum atomic E-state index is -4.12. The van der Waals surface area contributed by atoms with Gasteiger partial charge in [-0.3, -0.25) is 4.79 Å². The lowest BCUT2D eigenvalue weighted by Gasteiger charge is -2.08. The predicted molar refractivity (Wildman–Crippen MR) is 125 cm³/mol. The zero-order valence-corrected chi connectivity index (χ0v) is 19.9. The highest BCUT2D eigenvalue weighted by atomic mass is 32.2. The third kappa shape index (κ3) is 4.93. The van der Waals surface area contributed by atoms with Crippen molar-refractivity contribution >= 4 is 37.3 Å². The minimum absolute atomic E-state index is 0.0530. The molecule has 2 aromatic heterocycles. The van der Waals surface area contributed by atoms with Gasteiger partial charge in [-0.15, -0.1) is 0 Å². The number of hydrazone groups is 1. The molecule has 2 N–H and O–H groups in total. The van der Waals surface area contributed by atoms with Crippen LogP contribution in [0.15, 0.2) is 63.6 Å². The van der Waals surface area contributed by atoms with Gasteiger partial charge in [0.05, 0.1) is 23.2 Å². The number of rotatable bonds is 9. The first kappa shape index (κ1) is 24.5. The molecule has 3 aromatic rings. The lowest BCUT2D eigenvalue weighted by molar-refractivity contribution is 0.0945. The second-order valence-electron chi connectivity index (χ2n) is 7.36. The molecular weight excluding hydrogens is 466 g/mol. The molecule has 0 fully saturated rings. The summed E-state index contributed by atoms with van der Waals surface area (Å²) < 4.78 is 53.9. The second kappa shape index (κ2) is 9.75. The van der Waals surface area contributed by atoms with Crippen LogP contribution in [0, 0.1) is 0 Å². The van der Waals surface area contributed by atoms with Crippen molar-refractivity contribution in [3.63, 3.8) is 0 Å². The number of sulfone groups is 2. The summed E-state index contributed by atoms with van der Waals surface area (Å²) in [6, 6.07) is 10.9. The molecule has 0 radical (unpaired) electrons. The lowest BCUT2D eigenvalue weighted by atomic mass is 10.2. The van der Waals surface area contributed by atoms with Crippen LogP contribution in [0.4, 0.5) is 0 Å². The monoisotopic (exact) mass is 491 g/mol. The number of phenols is 1. The quantitative estimate of drug-likeness (QED) is 0.349. The number of amides is 1. The molecule has 0 aliphatic rings. The molecule has 0 bridgehead atoms. The van der Waals surface area contributed by atoms with Gasteiger partial charge >= 0.3 is 0 Å². The number of nitrogens with zero attached hydrogens (tertiary/aromatic N) is 2. The Balaban J connectivity index is 2.22. The first-order valence-electron chi connectivity index (χ1n) is 10.3. The molecule has 0 saturated carbocycles. The molecule has 33 heavy (non-hydrogen) atoms. The Labute approximate surface area is 192 Å². The second-order valence-corrected chi connectivity index (χ2v) is 11.5. The summed E-state index contributed by atoms with van der Waals surface area (Å²) in [5, 5.41) is 13.7. The lowest BCUT2D eigenvalue weighted by Crippen LogP contribution is -2.23. The van der Waals surface area contributed by atoms with Gasteiger partial charge < -0.3 is 9.51 Å². The molecule has 9 nitrogen and oxygen atoms in total. The van der Waals surface area contributed by atoms with E-state index in [2.05, 4.69) is 10.5 Å². The topological polar surface area (TPSA) is 134 Å². The number of benzene rings is 1. The Morgan fingerprint density at radius 2 is 1.58 bits per heavy atom. The molecule has 0 aliphatic heterocycles. The summed E-state index contributed by atoms with van der Waals surface area (Å²) in [5.41, 5.74) is 2.37. The van der Waals surface area contributed by atoms with E-state index < -0.39 is 30.5 Å². The van der Waals surface area contributed by atoms with Gasteiger partial charge in [-0.1, -0.05) is 32.0 Å². The maximum Gasteiger partial charge on any atom is 0.289 e. The molecule has 0 saturated heterocycles. The van der Waals surface area contributed by atoms with Gasteiger partial charge in [0.2, 0.25) is 0 Å². The summed E-state index contributed by atoms with van der Waals surface area (Å²) in [6.07, 6.45) is 3.17. The smallest absolute Gasteiger partial charge is 0.289 e. The number of hydrogen-bond acceptors (Lipinski definition) is 7. The summed E-state index contributed by atoms with van der Waals surface area (Å²) >= 11 is 0. The maximum absolute atomic E-state index is 13.2. The summed E-state index contributed by atoms with van der Waals surface area (Å²) in [6.45, 7) is 3.33. The molecule has 1 amide bonds. The van der Waals surface area contributed by atoms with E-state index in [0.29, 0.717) is 5.56 Å². The van der Waals surface area contributed by atoms with Gasteiger partial charge in [0, 0.05) is 11.8 Å². The van der Waals surface area contributed by atoms with Gasteiger partial charge in [-0.25, -0.2) is 22.3 Å². The van der Waals surface area contributed by atoms with Crippen LogP contribution in [-0.2, 0) is 19.7 Å². The Hall–Kier alpha value is -3.18. The summed E-state index contributed by atoms with van der Waals surface area (Å²) in [4.78, 5) is 12.3. The minimum Gasteiger partial charge on any atom is -0.507 e. The van der Waals surface area contributed by atoms with E-state index in [1.807, 2.05) is 0 Å². The van der Waals surface area contributed by atoms with E-state index in [1.165, 1.54) is 28.9 Å². The third-order valence-corrected chi connectivity index (χ3v) is 8.92. The van der Waals surface area contributed by atoms with Crippen LogP contribution in [-0.4, -0.2) is 50.0 Å². The van der Waals surface area contributed by atoms with Crippen LogP contribution >= 0.6 is 0 Å². The van der Waals surface area contributed by atoms with Crippen molar-refractivity contribution < 1.29 is 26.7 Å². The fourth-order valence-corrected chi connectivity index (χ4v) is 7.49. The Bertz CT molecular complexity index is 1420. The van der Waals surface area contributed by atoms with Crippen molar-refractivity contribution in [3.05, 3.63) is 59.9 Å². The molecule has 1 aromatic carbocycles. The summed E-state index contributed by atoms with van der Waals surface area (Å²) in [7, 11) is -8.12. The SMILES string of the molecule is CCCS(=O)(=O)c1c(S(=O)(=O)CCC)c2ccccn2c1C(=O)NN=Cc1ccccc1O. The van der Waals surface area contributed by atoms with Crippen LogP contribution in [0.1, 0.15) is 42.7 Å². The number of carbonyl (C=O) groups is 1. The number of carbonyl (C=O) groups excluding carboxylic acids is 1. The molecule has 0 aliphatic carbocycles. The first-order chi connectivity index (χ1) is 15.6. The van der Waals surface area contributed by atoms with Crippen molar-refractivity contribution in [1.82, 2.24) is 9.83 Å². The van der Waals surface area contributed by atoms with Crippen molar-refractivity contribution in [1.29, 1.82) is 0 Å². The van der Waals surface area contributed by atoms with Crippen molar-refractivity contribution in [3.8, 4) is 5.75 Å². The predicted octanol–water partition coefficient (Wildman–Crippen LogP) is 2.78. The molecule has 0 spiro atoms. The van der Waals surface area contributed by atoms with Crippen molar-refractivity contribution in [2.24, 2.45) is 5.10 Å². The highest BCUT2D eigenvalue weighted by molar-refractivity contribution is 7.94. The van der Waals surface area contributed by atoms with E-state index in [4.69, 9.17) is 0 Å². The number of fused-ring (bicyclic) bond motifs is 1. The van der Waals surface area contributed by atoms with Crippen LogP contribution in [0.5, 0.6) is 5.75 Å². The highest BCUT2D eigenvalue weighted by Gasteiger charge is 2.36. The Morgan fingerprint density at radius 3 is 2.21 bits per heavy atom. The number of para-hydroxylation sites is 1. The zero-order valence-electron chi connectivity index (χ0n) is 18.2. The summed E-state index contributed by atoms with van der Waals surface area (Å²) in [5.74, 6) is -1.53. The van der Waals surface area contributed by atoms with E-state index in [0.717, 1.165) is 0 Å². The van der Waals surface area contributed by atoms with Gasteiger partial charge in [-0.05, 0) is 37.1 Å².